The first-order valence-corrected chi connectivity index (χ1v) is 8.26. The van der Waals surface area contributed by atoms with Crippen LogP contribution in [0.1, 0.15) is 19.2 Å². The van der Waals surface area contributed by atoms with Crippen LogP contribution in [0.5, 0.6) is 5.88 Å². The summed E-state index contributed by atoms with van der Waals surface area (Å²) in [4.78, 5) is 8.27. The molecule has 8 heteroatoms. The highest BCUT2D eigenvalue weighted by Crippen LogP contribution is 2.19. The van der Waals surface area contributed by atoms with E-state index in [1.165, 1.54) is 30.3 Å². The fourth-order valence-electron chi connectivity index (χ4n) is 1.72. The van der Waals surface area contributed by atoms with Crippen molar-refractivity contribution in [2.45, 2.75) is 25.2 Å². The summed E-state index contributed by atoms with van der Waals surface area (Å²) in [6, 6.07) is 7.36. The maximum Gasteiger partial charge on any atom is 0.263 e. The summed E-state index contributed by atoms with van der Waals surface area (Å²) >= 11 is 0. The molecule has 1 heterocycles. The number of rotatable bonds is 6. The Balaban J connectivity index is 2.25. The second-order valence-corrected chi connectivity index (χ2v) is 6.34. The molecule has 22 heavy (non-hydrogen) atoms. The van der Waals surface area contributed by atoms with Crippen molar-refractivity contribution in [2.24, 2.45) is 0 Å². The molecule has 0 atom stereocenters. The SMILES string of the molecule is CCCOc1cc(NS(=O)(=O)c2ccc(N)cc2)nc(C)n1. The van der Waals surface area contributed by atoms with Gasteiger partial charge in [0.15, 0.2) is 0 Å². The smallest absolute Gasteiger partial charge is 0.263 e. The highest BCUT2D eigenvalue weighted by Gasteiger charge is 2.15. The second kappa shape index (κ2) is 6.61. The highest BCUT2D eigenvalue weighted by molar-refractivity contribution is 7.92. The minimum absolute atomic E-state index is 0.106. The Morgan fingerprint density at radius 2 is 1.91 bits per heavy atom. The van der Waals surface area contributed by atoms with Gasteiger partial charge >= 0.3 is 0 Å². The van der Waals surface area contributed by atoms with E-state index in [4.69, 9.17) is 10.5 Å². The molecule has 0 saturated carbocycles. The molecule has 0 aliphatic rings. The van der Waals surface area contributed by atoms with Gasteiger partial charge in [-0.1, -0.05) is 6.92 Å². The monoisotopic (exact) mass is 322 g/mol. The number of ether oxygens (including phenoxy) is 1. The molecule has 0 amide bonds. The Kier molecular flexibility index (Phi) is 4.81. The molecule has 118 valence electrons. The first-order valence-electron chi connectivity index (χ1n) is 6.77. The number of nitrogens with two attached hydrogens (primary N) is 1. The minimum atomic E-state index is -3.74. The third-order valence-electron chi connectivity index (χ3n) is 2.70. The number of nitrogen functional groups attached to an aromatic ring is 1. The molecule has 1 aromatic heterocycles. The molecule has 0 spiro atoms. The average molecular weight is 322 g/mol. The zero-order valence-electron chi connectivity index (χ0n) is 12.4. The molecule has 3 N–H and O–H groups in total. The minimum Gasteiger partial charge on any atom is -0.478 e. The van der Waals surface area contributed by atoms with E-state index in [2.05, 4.69) is 14.7 Å². The Morgan fingerprint density at radius 3 is 2.55 bits per heavy atom. The van der Waals surface area contributed by atoms with Gasteiger partial charge in [0.2, 0.25) is 5.88 Å². The number of hydrogen-bond donors (Lipinski definition) is 2. The van der Waals surface area contributed by atoms with Gasteiger partial charge in [0.05, 0.1) is 11.5 Å². The van der Waals surface area contributed by atoms with Gasteiger partial charge in [-0.2, -0.15) is 4.98 Å². The van der Waals surface area contributed by atoms with Crippen LogP contribution < -0.4 is 15.2 Å². The second-order valence-electron chi connectivity index (χ2n) is 4.66. The van der Waals surface area contributed by atoms with Crippen molar-refractivity contribution >= 4 is 21.5 Å². The fourth-order valence-corrected chi connectivity index (χ4v) is 2.71. The first-order chi connectivity index (χ1) is 10.4. The third-order valence-corrected chi connectivity index (χ3v) is 4.07. The first kappa shape index (κ1) is 16.0. The van der Waals surface area contributed by atoms with Gasteiger partial charge < -0.3 is 10.5 Å². The molecule has 0 aliphatic heterocycles. The van der Waals surface area contributed by atoms with E-state index in [0.717, 1.165) is 6.42 Å². The molecule has 0 saturated heterocycles. The van der Waals surface area contributed by atoms with Crippen LogP contribution in [-0.4, -0.2) is 25.0 Å². The number of sulfonamides is 1. The summed E-state index contributed by atoms with van der Waals surface area (Å²) in [5.41, 5.74) is 6.05. The Bertz CT molecular complexity index is 745. The van der Waals surface area contributed by atoms with E-state index in [9.17, 15) is 8.42 Å². The van der Waals surface area contributed by atoms with E-state index in [1.54, 1.807) is 6.92 Å². The quantitative estimate of drug-likeness (QED) is 0.787. The van der Waals surface area contributed by atoms with Crippen LogP contribution in [0, 0.1) is 6.92 Å². The number of hydrogen-bond acceptors (Lipinski definition) is 6. The van der Waals surface area contributed by atoms with E-state index in [-0.39, 0.29) is 10.7 Å². The summed E-state index contributed by atoms with van der Waals surface area (Å²) in [7, 11) is -3.74. The molecule has 0 bridgehead atoms. The molecular weight excluding hydrogens is 304 g/mol. The van der Waals surface area contributed by atoms with Gasteiger partial charge in [-0.25, -0.2) is 13.4 Å². The number of nitrogens with zero attached hydrogens (tertiary/aromatic N) is 2. The molecule has 2 rings (SSSR count). The van der Waals surface area contributed by atoms with E-state index in [0.29, 0.717) is 24.0 Å². The predicted octanol–water partition coefficient (Wildman–Crippen LogP) is 1.96. The molecule has 1 aromatic carbocycles. The zero-order chi connectivity index (χ0) is 16.2. The van der Waals surface area contributed by atoms with E-state index < -0.39 is 10.0 Å². The lowest BCUT2D eigenvalue weighted by Gasteiger charge is -2.10. The topological polar surface area (TPSA) is 107 Å². The largest absolute Gasteiger partial charge is 0.478 e. The van der Waals surface area contributed by atoms with Crippen molar-refractivity contribution in [2.75, 3.05) is 17.1 Å². The van der Waals surface area contributed by atoms with Crippen molar-refractivity contribution < 1.29 is 13.2 Å². The van der Waals surface area contributed by atoms with Crippen molar-refractivity contribution in [3.63, 3.8) is 0 Å². The van der Waals surface area contributed by atoms with Crippen LogP contribution in [0.4, 0.5) is 11.5 Å². The number of aromatic nitrogens is 2. The Morgan fingerprint density at radius 1 is 1.23 bits per heavy atom. The zero-order valence-corrected chi connectivity index (χ0v) is 13.2. The molecule has 0 unspecified atom stereocenters. The standard InChI is InChI=1S/C14H18N4O3S/c1-3-8-21-14-9-13(16-10(2)17-14)18-22(19,20)12-6-4-11(15)5-7-12/h4-7,9H,3,8,15H2,1-2H3,(H,16,17,18). The van der Waals surface area contributed by atoms with Gasteiger partial charge in [-0.15, -0.1) is 0 Å². The van der Waals surface area contributed by atoms with Gasteiger partial charge in [0, 0.05) is 11.8 Å². The van der Waals surface area contributed by atoms with Gasteiger partial charge in [-0.05, 0) is 37.6 Å². The van der Waals surface area contributed by atoms with Crippen LogP contribution in [0.15, 0.2) is 35.2 Å². The fraction of sp³-hybridized carbons (Fsp3) is 0.286. The van der Waals surface area contributed by atoms with Crippen LogP contribution in [0.3, 0.4) is 0 Å². The summed E-state index contributed by atoms with van der Waals surface area (Å²) in [5, 5.41) is 0. The summed E-state index contributed by atoms with van der Waals surface area (Å²) < 4.78 is 32.4. The van der Waals surface area contributed by atoms with Crippen LogP contribution in [0.2, 0.25) is 0 Å². The lowest BCUT2D eigenvalue weighted by Crippen LogP contribution is -2.15. The number of aryl methyl sites for hydroxylation is 1. The van der Waals surface area contributed by atoms with E-state index in [1.807, 2.05) is 6.92 Å². The lowest BCUT2D eigenvalue weighted by molar-refractivity contribution is 0.304. The van der Waals surface area contributed by atoms with Crippen molar-refractivity contribution in [1.82, 2.24) is 9.97 Å². The van der Waals surface area contributed by atoms with Crippen molar-refractivity contribution in [3.05, 3.63) is 36.2 Å². The maximum absolute atomic E-state index is 12.3. The summed E-state index contributed by atoms with van der Waals surface area (Å²) in [5.74, 6) is 0.920. The maximum atomic E-state index is 12.3. The molecule has 0 radical (unpaired) electrons. The number of anilines is 2. The van der Waals surface area contributed by atoms with Crippen LogP contribution in [0.25, 0.3) is 0 Å². The molecule has 0 aliphatic carbocycles. The molecule has 0 fully saturated rings. The van der Waals surface area contributed by atoms with Gasteiger partial charge in [0.1, 0.15) is 11.6 Å². The Hall–Kier alpha value is -2.35. The van der Waals surface area contributed by atoms with Crippen molar-refractivity contribution in [1.29, 1.82) is 0 Å². The summed E-state index contributed by atoms with van der Waals surface area (Å²) in [6.07, 6.45) is 0.829. The van der Waals surface area contributed by atoms with Gasteiger partial charge in [0.25, 0.3) is 10.0 Å². The third kappa shape index (κ3) is 4.08. The highest BCUT2D eigenvalue weighted by atomic mass is 32.2. The number of nitrogens with one attached hydrogen (secondary N) is 1. The van der Waals surface area contributed by atoms with Crippen molar-refractivity contribution in [3.8, 4) is 5.88 Å². The Labute approximate surface area is 129 Å². The number of benzene rings is 1. The lowest BCUT2D eigenvalue weighted by atomic mass is 10.3. The van der Waals surface area contributed by atoms with E-state index >= 15 is 0 Å². The van der Waals surface area contributed by atoms with Gasteiger partial charge in [-0.3, -0.25) is 4.72 Å². The molecule has 7 nitrogen and oxygen atoms in total. The average Bonchev–Trinajstić information content (AvgIpc) is 2.44. The molecule has 2 aromatic rings. The van der Waals surface area contributed by atoms with Crippen LogP contribution in [-0.2, 0) is 10.0 Å². The molecular formula is C14H18N4O3S. The summed E-state index contributed by atoms with van der Waals surface area (Å²) in [6.45, 7) is 4.14. The predicted molar refractivity (Wildman–Crippen MR) is 84.2 cm³/mol. The van der Waals surface area contributed by atoms with Crippen LogP contribution >= 0.6 is 0 Å². The normalized spacial score (nSPS) is 11.2.